The summed E-state index contributed by atoms with van der Waals surface area (Å²) in [6, 6.07) is 7.89. The van der Waals surface area contributed by atoms with Crippen LogP contribution in [0.3, 0.4) is 0 Å². The smallest absolute Gasteiger partial charge is 0.201 e. The predicted molar refractivity (Wildman–Crippen MR) is 67.8 cm³/mol. The fourth-order valence-corrected chi connectivity index (χ4v) is 2.77. The maximum Gasteiger partial charge on any atom is 0.201 e. The normalized spacial score (nSPS) is 15.1. The standard InChI is InChI=1S/C11H15N3OS/c1-8(7-16(2)15)14-10-6-4-3-5-9(10)13-11(14)12/h3-6,8H,7H2,1-2H3,(H2,12,13). The fraction of sp³-hybridized carbons (Fsp3) is 0.364. The first-order valence-corrected chi connectivity index (χ1v) is 6.85. The van der Waals surface area contributed by atoms with E-state index in [-0.39, 0.29) is 6.04 Å². The molecular weight excluding hydrogens is 222 g/mol. The van der Waals surface area contributed by atoms with Gasteiger partial charge in [-0.25, -0.2) is 4.98 Å². The molecule has 0 aliphatic heterocycles. The third-order valence-corrected chi connectivity index (χ3v) is 3.49. The first-order chi connectivity index (χ1) is 7.59. The molecule has 2 aromatic rings. The van der Waals surface area contributed by atoms with Gasteiger partial charge in [0.25, 0.3) is 0 Å². The van der Waals surface area contributed by atoms with Crippen molar-refractivity contribution < 1.29 is 4.21 Å². The van der Waals surface area contributed by atoms with Gasteiger partial charge >= 0.3 is 0 Å². The third-order valence-electron chi connectivity index (χ3n) is 2.54. The van der Waals surface area contributed by atoms with Crippen LogP contribution < -0.4 is 5.73 Å². The highest BCUT2D eigenvalue weighted by Crippen LogP contribution is 2.22. The summed E-state index contributed by atoms with van der Waals surface area (Å²) >= 11 is 0. The first-order valence-electron chi connectivity index (χ1n) is 5.12. The molecule has 4 nitrogen and oxygen atoms in total. The number of nitrogens with two attached hydrogens (primary N) is 1. The zero-order valence-corrected chi connectivity index (χ0v) is 10.2. The van der Waals surface area contributed by atoms with Crippen LogP contribution in [0.15, 0.2) is 24.3 Å². The lowest BCUT2D eigenvalue weighted by Crippen LogP contribution is -2.14. The van der Waals surface area contributed by atoms with Gasteiger partial charge in [-0.2, -0.15) is 0 Å². The number of imidazole rings is 1. The monoisotopic (exact) mass is 237 g/mol. The lowest BCUT2D eigenvalue weighted by Gasteiger charge is -2.14. The van der Waals surface area contributed by atoms with Crippen LogP contribution in [-0.4, -0.2) is 25.8 Å². The molecule has 0 saturated heterocycles. The van der Waals surface area contributed by atoms with Gasteiger partial charge in [0.15, 0.2) is 0 Å². The molecule has 0 aliphatic rings. The summed E-state index contributed by atoms with van der Waals surface area (Å²) in [6.07, 6.45) is 1.70. The third kappa shape index (κ3) is 1.95. The molecule has 2 unspecified atom stereocenters. The van der Waals surface area contributed by atoms with Crippen molar-refractivity contribution in [3.05, 3.63) is 24.3 Å². The SMILES string of the molecule is CC(CS(C)=O)n1c(N)nc2ccccc21. The molecule has 0 aliphatic carbocycles. The fourth-order valence-electron chi connectivity index (χ4n) is 1.94. The molecule has 2 rings (SSSR count). The Hall–Kier alpha value is -1.36. The maximum absolute atomic E-state index is 11.2. The molecule has 0 amide bonds. The van der Waals surface area contributed by atoms with E-state index in [9.17, 15) is 4.21 Å². The Morgan fingerprint density at radius 3 is 2.88 bits per heavy atom. The second-order valence-corrected chi connectivity index (χ2v) is 5.40. The minimum Gasteiger partial charge on any atom is -0.369 e. The molecule has 0 bridgehead atoms. The van der Waals surface area contributed by atoms with Crippen molar-refractivity contribution in [3.63, 3.8) is 0 Å². The van der Waals surface area contributed by atoms with E-state index >= 15 is 0 Å². The van der Waals surface area contributed by atoms with Crippen molar-refractivity contribution in [1.82, 2.24) is 9.55 Å². The Kier molecular flexibility index (Phi) is 2.96. The van der Waals surface area contributed by atoms with E-state index in [1.807, 2.05) is 35.8 Å². The van der Waals surface area contributed by atoms with Crippen molar-refractivity contribution in [2.45, 2.75) is 13.0 Å². The topological polar surface area (TPSA) is 60.9 Å². The van der Waals surface area contributed by atoms with Gasteiger partial charge < -0.3 is 10.3 Å². The Labute approximate surface area is 96.9 Å². The van der Waals surface area contributed by atoms with E-state index in [1.54, 1.807) is 6.26 Å². The molecule has 5 heteroatoms. The number of hydrogen-bond donors (Lipinski definition) is 1. The Bertz CT molecular complexity index is 535. The summed E-state index contributed by atoms with van der Waals surface area (Å²) in [5, 5.41) is 0. The number of anilines is 1. The molecule has 16 heavy (non-hydrogen) atoms. The van der Waals surface area contributed by atoms with Gasteiger partial charge in [-0.05, 0) is 19.1 Å². The minimum atomic E-state index is -0.836. The van der Waals surface area contributed by atoms with Gasteiger partial charge in [0.2, 0.25) is 5.95 Å². The van der Waals surface area contributed by atoms with Crippen molar-refractivity contribution >= 4 is 27.8 Å². The van der Waals surface area contributed by atoms with Crippen LogP contribution in [0, 0.1) is 0 Å². The summed E-state index contributed by atoms with van der Waals surface area (Å²) in [6.45, 7) is 2.01. The summed E-state index contributed by atoms with van der Waals surface area (Å²) in [4.78, 5) is 4.28. The quantitative estimate of drug-likeness (QED) is 0.881. The van der Waals surface area contributed by atoms with Crippen LogP contribution in [0.25, 0.3) is 11.0 Å². The molecule has 1 aromatic carbocycles. The number of aromatic nitrogens is 2. The highest BCUT2D eigenvalue weighted by Gasteiger charge is 2.14. The van der Waals surface area contributed by atoms with Crippen LogP contribution in [0.1, 0.15) is 13.0 Å². The van der Waals surface area contributed by atoms with Gasteiger partial charge in [0.05, 0.1) is 11.0 Å². The summed E-state index contributed by atoms with van der Waals surface area (Å²) in [5.74, 6) is 1.07. The molecule has 1 heterocycles. The number of nitrogens with zero attached hydrogens (tertiary/aromatic N) is 2. The molecule has 0 saturated carbocycles. The summed E-state index contributed by atoms with van der Waals surface area (Å²) in [5.41, 5.74) is 7.76. The molecule has 86 valence electrons. The predicted octanol–water partition coefficient (Wildman–Crippen LogP) is 1.56. The first kappa shape index (κ1) is 11.1. The number of benzene rings is 1. The van der Waals surface area contributed by atoms with Crippen LogP contribution in [0.2, 0.25) is 0 Å². The largest absolute Gasteiger partial charge is 0.369 e. The highest BCUT2D eigenvalue weighted by atomic mass is 32.2. The second-order valence-electron chi connectivity index (χ2n) is 3.92. The van der Waals surface area contributed by atoms with Gasteiger partial charge in [0.1, 0.15) is 0 Å². The van der Waals surface area contributed by atoms with E-state index in [0.29, 0.717) is 11.7 Å². The second kappa shape index (κ2) is 4.25. The van der Waals surface area contributed by atoms with Crippen LogP contribution in [0.4, 0.5) is 5.95 Å². The van der Waals surface area contributed by atoms with Gasteiger partial charge in [-0.3, -0.25) is 4.21 Å². The number of para-hydroxylation sites is 2. The number of rotatable bonds is 3. The summed E-state index contributed by atoms with van der Waals surface area (Å²) < 4.78 is 13.2. The number of nitrogen functional groups attached to an aromatic ring is 1. The van der Waals surface area contributed by atoms with E-state index in [0.717, 1.165) is 11.0 Å². The van der Waals surface area contributed by atoms with E-state index in [1.165, 1.54) is 0 Å². The number of fused-ring (bicyclic) bond motifs is 1. The van der Waals surface area contributed by atoms with E-state index in [2.05, 4.69) is 4.98 Å². The molecule has 2 atom stereocenters. The molecule has 0 fully saturated rings. The van der Waals surface area contributed by atoms with E-state index in [4.69, 9.17) is 5.73 Å². The molecule has 1 aromatic heterocycles. The molecule has 2 N–H and O–H groups in total. The lowest BCUT2D eigenvalue weighted by molar-refractivity contribution is 0.619. The Balaban J connectivity index is 2.50. The molecular formula is C11H15N3OS. The van der Waals surface area contributed by atoms with Gasteiger partial charge in [-0.15, -0.1) is 0 Å². The molecule has 0 radical (unpaired) electrons. The minimum absolute atomic E-state index is 0.0956. The van der Waals surface area contributed by atoms with Crippen molar-refractivity contribution in [2.75, 3.05) is 17.7 Å². The van der Waals surface area contributed by atoms with Crippen molar-refractivity contribution in [1.29, 1.82) is 0 Å². The number of hydrogen-bond acceptors (Lipinski definition) is 3. The zero-order chi connectivity index (χ0) is 11.7. The Morgan fingerprint density at radius 2 is 2.19 bits per heavy atom. The maximum atomic E-state index is 11.2. The molecule has 0 spiro atoms. The zero-order valence-electron chi connectivity index (χ0n) is 9.38. The average molecular weight is 237 g/mol. The van der Waals surface area contributed by atoms with Crippen LogP contribution >= 0.6 is 0 Å². The lowest BCUT2D eigenvalue weighted by atomic mass is 10.3. The summed E-state index contributed by atoms with van der Waals surface area (Å²) in [7, 11) is -0.836. The highest BCUT2D eigenvalue weighted by molar-refractivity contribution is 7.84. The van der Waals surface area contributed by atoms with Crippen LogP contribution in [0.5, 0.6) is 0 Å². The van der Waals surface area contributed by atoms with Crippen molar-refractivity contribution in [2.24, 2.45) is 0 Å². The van der Waals surface area contributed by atoms with Crippen molar-refractivity contribution in [3.8, 4) is 0 Å². The Morgan fingerprint density at radius 1 is 1.50 bits per heavy atom. The van der Waals surface area contributed by atoms with Gasteiger partial charge in [0, 0.05) is 28.9 Å². The van der Waals surface area contributed by atoms with Crippen LogP contribution in [-0.2, 0) is 10.8 Å². The van der Waals surface area contributed by atoms with E-state index < -0.39 is 10.8 Å². The van der Waals surface area contributed by atoms with Gasteiger partial charge in [-0.1, -0.05) is 12.1 Å². The average Bonchev–Trinajstić information content (AvgIpc) is 2.52.